The minimum absolute atomic E-state index is 0.0638. The molecule has 0 aliphatic heterocycles. The van der Waals surface area contributed by atoms with Crippen LogP contribution < -0.4 is 10.1 Å². The Morgan fingerprint density at radius 1 is 1.25 bits per heavy atom. The highest BCUT2D eigenvalue weighted by atomic mass is 16.6. The molecule has 2 aromatic rings. The summed E-state index contributed by atoms with van der Waals surface area (Å²) in [6.45, 7) is 2.43. The molecule has 0 unspecified atom stereocenters. The smallest absolute Gasteiger partial charge is 0.276 e. The van der Waals surface area contributed by atoms with E-state index in [0.717, 1.165) is 12.1 Å². The summed E-state index contributed by atoms with van der Waals surface area (Å²) in [4.78, 5) is 10.5. The second-order valence-electron chi connectivity index (χ2n) is 4.44. The van der Waals surface area contributed by atoms with Crippen molar-refractivity contribution in [2.24, 2.45) is 0 Å². The number of hydrogen-bond acceptors (Lipinski definition) is 4. The fraction of sp³-hybridized carbons (Fsp3) is 0.200. The van der Waals surface area contributed by atoms with Crippen LogP contribution in [0.4, 0.5) is 5.69 Å². The lowest BCUT2D eigenvalue weighted by Gasteiger charge is -2.10. The molecule has 0 bridgehead atoms. The Morgan fingerprint density at radius 3 is 2.70 bits per heavy atom. The first-order valence-corrected chi connectivity index (χ1v) is 6.27. The van der Waals surface area contributed by atoms with Crippen molar-refractivity contribution in [3.8, 4) is 11.5 Å². The maximum Gasteiger partial charge on any atom is 0.276 e. The number of nitrogens with one attached hydrogen (secondary N) is 1. The van der Waals surface area contributed by atoms with E-state index in [1.165, 1.54) is 6.07 Å². The van der Waals surface area contributed by atoms with Gasteiger partial charge in [0.25, 0.3) is 5.69 Å². The summed E-state index contributed by atoms with van der Waals surface area (Å²) < 4.78 is 5.75. The summed E-state index contributed by atoms with van der Waals surface area (Å²) in [6.07, 6.45) is 0. The van der Waals surface area contributed by atoms with Crippen molar-refractivity contribution in [2.75, 3.05) is 7.05 Å². The number of nitrogens with zero attached hydrogens (tertiary/aromatic N) is 1. The van der Waals surface area contributed by atoms with E-state index in [1.54, 1.807) is 19.1 Å². The van der Waals surface area contributed by atoms with E-state index >= 15 is 0 Å². The molecule has 2 aromatic carbocycles. The second-order valence-corrected chi connectivity index (χ2v) is 4.44. The minimum Gasteiger partial charge on any atom is -0.457 e. The summed E-state index contributed by atoms with van der Waals surface area (Å²) in [5.41, 5.74) is 1.68. The first kappa shape index (κ1) is 14.0. The topological polar surface area (TPSA) is 64.4 Å². The highest BCUT2D eigenvalue weighted by molar-refractivity contribution is 5.50. The Morgan fingerprint density at radius 2 is 2.00 bits per heavy atom. The van der Waals surface area contributed by atoms with Gasteiger partial charge in [-0.25, -0.2) is 0 Å². The van der Waals surface area contributed by atoms with Gasteiger partial charge in [0, 0.05) is 12.6 Å². The molecule has 104 valence electrons. The van der Waals surface area contributed by atoms with Crippen LogP contribution in [0.2, 0.25) is 0 Å². The standard InChI is InChI=1S/C15H16N2O3/c1-11-14(17(18)19)7-4-8-15(11)20-13-6-3-5-12(9-13)10-16-2/h3-9,16H,10H2,1-2H3. The van der Waals surface area contributed by atoms with E-state index in [0.29, 0.717) is 17.1 Å². The summed E-state index contributed by atoms with van der Waals surface area (Å²) in [5.74, 6) is 1.17. The first-order valence-electron chi connectivity index (χ1n) is 6.27. The molecule has 0 amide bonds. The van der Waals surface area contributed by atoms with Crippen molar-refractivity contribution >= 4 is 5.69 Å². The van der Waals surface area contributed by atoms with Crippen LogP contribution in [0.3, 0.4) is 0 Å². The van der Waals surface area contributed by atoms with Gasteiger partial charge < -0.3 is 10.1 Å². The summed E-state index contributed by atoms with van der Waals surface area (Å²) >= 11 is 0. The first-order chi connectivity index (χ1) is 9.61. The number of hydrogen-bond donors (Lipinski definition) is 1. The molecule has 0 aromatic heterocycles. The van der Waals surface area contributed by atoms with Crippen LogP contribution in [-0.2, 0) is 6.54 Å². The van der Waals surface area contributed by atoms with Crippen molar-refractivity contribution in [1.82, 2.24) is 5.32 Å². The molecule has 1 N–H and O–H groups in total. The molecule has 0 spiro atoms. The van der Waals surface area contributed by atoms with Gasteiger partial charge in [-0.2, -0.15) is 0 Å². The second kappa shape index (κ2) is 6.16. The van der Waals surface area contributed by atoms with E-state index in [9.17, 15) is 10.1 Å². The number of benzene rings is 2. The van der Waals surface area contributed by atoms with E-state index in [4.69, 9.17) is 4.74 Å². The summed E-state index contributed by atoms with van der Waals surface area (Å²) in [6, 6.07) is 12.5. The Labute approximate surface area is 117 Å². The molecule has 0 aliphatic rings. The zero-order valence-electron chi connectivity index (χ0n) is 11.4. The van der Waals surface area contributed by atoms with Crippen molar-refractivity contribution in [1.29, 1.82) is 0 Å². The predicted molar refractivity (Wildman–Crippen MR) is 77.1 cm³/mol. The van der Waals surface area contributed by atoms with Crippen LogP contribution in [0, 0.1) is 17.0 Å². The maximum absolute atomic E-state index is 10.9. The largest absolute Gasteiger partial charge is 0.457 e. The Hall–Kier alpha value is -2.40. The minimum atomic E-state index is -0.403. The van der Waals surface area contributed by atoms with E-state index in [1.807, 2.05) is 31.3 Å². The van der Waals surface area contributed by atoms with Gasteiger partial charge in [-0.1, -0.05) is 18.2 Å². The van der Waals surface area contributed by atoms with Crippen LogP contribution in [0.5, 0.6) is 11.5 Å². The highest BCUT2D eigenvalue weighted by Crippen LogP contribution is 2.31. The fourth-order valence-corrected chi connectivity index (χ4v) is 1.96. The fourth-order valence-electron chi connectivity index (χ4n) is 1.96. The normalized spacial score (nSPS) is 10.3. The number of nitro benzene ring substituents is 1. The number of rotatable bonds is 5. The molecular weight excluding hydrogens is 256 g/mol. The predicted octanol–water partition coefficient (Wildman–Crippen LogP) is 3.41. The molecule has 0 heterocycles. The average molecular weight is 272 g/mol. The van der Waals surface area contributed by atoms with Gasteiger partial charge in [-0.3, -0.25) is 10.1 Å². The van der Waals surface area contributed by atoms with Crippen molar-refractivity contribution in [2.45, 2.75) is 13.5 Å². The molecule has 2 rings (SSSR count). The van der Waals surface area contributed by atoms with E-state index in [2.05, 4.69) is 5.32 Å². The lowest BCUT2D eigenvalue weighted by Crippen LogP contribution is -2.04. The van der Waals surface area contributed by atoms with Crippen molar-refractivity contribution in [3.63, 3.8) is 0 Å². The van der Waals surface area contributed by atoms with Gasteiger partial charge in [0.1, 0.15) is 11.5 Å². The zero-order chi connectivity index (χ0) is 14.5. The van der Waals surface area contributed by atoms with E-state index < -0.39 is 4.92 Å². The summed E-state index contributed by atoms with van der Waals surface area (Å²) in [5, 5.41) is 14.0. The zero-order valence-corrected chi connectivity index (χ0v) is 11.4. The van der Waals surface area contributed by atoms with Crippen LogP contribution in [0.1, 0.15) is 11.1 Å². The third kappa shape index (κ3) is 3.13. The molecule has 0 aliphatic carbocycles. The van der Waals surface area contributed by atoms with E-state index in [-0.39, 0.29) is 5.69 Å². The van der Waals surface area contributed by atoms with Gasteiger partial charge in [-0.15, -0.1) is 0 Å². The van der Waals surface area contributed by atoms with Gasteiger partial charge in [0.05, 0.1) is 10.5 Å². The molecule has 5 nitrogen and oxygen atoms in total. The summed E-state index contributed by atoms with van der Waals surface area (Å²) in [7, 11) is 1.87. The quantitative estimate of drug-likeness (QED) is 0.669. The number of ether oxygens (including phenoxy) is 1. The molecule has 0 fully saturated rings. The number of nitro groups is 1. The van der Waals surface area contributed by atoms with Crippen LogP contribution in [-0.4, -0.2) is 12.0 Å². The van der Waals surface area contributed by atoms with Crippen LogP contribution in [0.15, 0.2) is 42.5 Å². The molecule has 0 atom stereocenters. The maximum atomic E-state index is 10.9. The Balaban J connectivity index is 2.28. The molecule has 0 saturated carbocycles. The molecule has 20 heavy (non-hydrogen) atoms. The third-order valence-electron chi connectivity index (χ3n) is 2.96. The molecular formula is C15H16N2O3. The van der Waals surface area contributed by atoms with Crippen LogP contribution in [0.25, 0.3) is 0 Å². The average Bonchev–Trinajstić information content (AvgIpc) is 2.42. The highest BCUT2D eigenvalue weighted by Gasteiger charge is 2.14. The van der Waals surface area contributed by atoms with Gasteiger partial charge in [-0.05, 0) is 37.7 Å². The van der Waals surface area contributed by atoms with Gasteiger partial charge in [0.15, 0.2) is 0 Å². The third-order valence-corrected chi connectivity index (χ3v) is 2.96. The Kier molecular flexibility index (Phi) is 4.32. The van der Waals surface area contributed by atoms with Crippen LogP contribution >= 0.6 is 0 Å². The molecule has 0 radical (unpaired) electrons. The Bertz CT molecular complexity index is 626. The lowest BCUT2D eigenvalue weighted by molar-refractivity contribution is -0.385. The van der Waals surface area contributed by atoms with Gasteiger partial charge >= 0.3 is 0 Å². The van der Waals surface area contributed by atoms with Crippen molar-refractivity contribution in [3.05, 3.63) is 63.7 Å². The molecule has 0 saturated heterocycles. The lowest BCUT2D eigenvalue weighted by atomic mass is 10.2. The SMILES string of the molecule is CNCc1cccc(Oc2cccc([N+](=O)[O-])c2C)c1. The molecule has 5 heteroatoms. The van der Waals surface area contributed by atoms with Gasteiger partial charge in [0.2, 0.25) is 0 Å². The monoisotopic (exact) mass is 272 g/mol. The van der Waals surface area contributed by atoms with Crippen molar-refractivity contribution < 1.29 is 9.66 Å².